The molecule has 1 aromatic rings. The number of carbonyl (C=O) groups is 1. The molecule has 0 radical (unpaired) electrons. The van der Waals surface area contributed by atoms with Crippen LogP contribution in [0.15, 0.2) is 0 Å². The number of aromatic nitrogens is 2. The van der Waals surface area contributed by atoms with Crippen LogP contribution in [0.2, 0.25) is 5.15 Å². The van der Waals surface area contributed by atoms with E-state index in [-0.39, 0.29) is 11.9 Å². The molecule has 112 valence electrons. The summed E-state index contributed by atoms with van der Waals surface area (Å²) in [4.78, 5) is 16.1. The van der Waals surface area contributed by atoms with Crippen LogP contribution in [0.4, 0.5) is 0 Å². The van der Waals surface area contributed by atoms with Gasteiger partial charge in [0, 0.05) is 52.9 Å². The monoisotopic (exact) mass is 299 g/mol. The lowest BCUT2D eigenvalue weighted by Gasteiger charge is -2.36. The maximum absolute atomic E-state index is 12.3. The summed E-state index contributed by atoms with van der Waals surface area (Å²) in [6.07, 6.45) is 0. The highest BCUT2D eigenvalue weighted by Crippen LogP contribution is 2.22. The molecule has 1 aliphatic heterocycles. The third kappa shape index (κ3) is 2.97. The highest BCUT2D eigenvalue weighted by atomic mass is 35.5. The summed E-state index contributed by atoms with van der Waals surface area (Å²) >= 11 is 6.29. The number of nitrogens with one attached hydrogen (secondary N) is 1. The SMILES string of the molecule is Cc1nn(C)c(Cl)c1CN1CCNCC1C(=O)N(C)C. The van der Waals surface area contributed by atoms with Gasteiger partial charge in [0.1, 0.15) is 11.2 Å². The molecule has 2 heterocycles. The predicted octanol–water partition coefficient (Wildman–Crippen LogP) is 0.244. The van der Waals surface area contributed by atoms with Gasteiger partial charge in [0.15, 0.2) is 0 Å². The zero-order valence-corrected chi connectivity index (χ0v) is 13.2. The summed E-state index contributed by atoms with van der Waals surface area (Å²) in [5.41, 5.74) is 1.93. The molecule has 1 unspecified atom stereocenters. The van der Waals surface area contributed by atoms with E-state index in [1.165, 1.54) is 0 Å². The fourth-order valence-electron chi connectivity index (χ4n) is 2.53. The maximum Gasteiger partial charge on any atom is 0.240 e. The van der Waals surface area contributed by atoms with Gasteiger partial charge in [-0.15, -0.1) is 0 Å². The number of carbonyl (C=O) groups excluding carboxylic acids is 1. The van der Waals surface area contributed by atoms with Crippen LogP contribution in [-0.4, -0.2) is 65.3 Å². The van der Waals surface area contributed by atoms with Gasteiger partial charge in [-0.2, -0.15) is 5.10 Å². The maximum atomic E-state index is 12.3. The van der Waals surface area contributed by atoms with Crippen molar-refractivity contribution in [3.8, 4) is 0 Å². The van der Waals surface area contributed by atoms with E-state index in [4.69, 9.17) is 11.6 Å². The average molecular weight is 300 g/mol. The molecular weight excluding hydrogens is 278 g/mol. The van der Waals surface area contributed by atoms with E-state index in [0.717, 1.165) is 24.3 Å². The van der Waals surface area contributed by atoms with Crippen LogP contribution in [0.1, 0.15) is 11.3 Å². The van der Waals surface area contributed by atoms with Gasteiger partial charge in [-0.3, -0.25) is 14.4 Å². The van der Waals surface area contributed by atoms with Crippen LogP contribution in [0.3, 0.4) is 0 Å². The molecule has 1 N–H and O–H groups in total. The summed E-state index contributed by atoms with van der Waals surface area (Å²) in [5.74, 6) is 0.120. The Morgan fingerprint density at radius 2 is 2.25 bits per heavy atom. The minimum absolute atomic E-state index is 0.120. The zero-order chi connectivity index (χ0) is 14.9. The van der Waals surface area contributed by atoms with Crippen molar-refractivity contribution < 1.29 is 4.79 Å². The number of nitrogens with zero attached hydrogens (tertiary/aromatic N) is 4. The molecule has 1 atom stereocenters. The van der Waals surface area contributed by atoms with E-state index in [2.05, 4.69) is 15.3 Å². The van der Waals surface area contributed by atoms with Gasteiger partial charge >= 0.3 is 0 Å². The number of rotatable bonds is 3. The molecular formula is C13H22ClN5O. The highest BCUT2D eigenvalue weighted by molar-refractivity contribution is 6.30. The van der Waals surface area contributed by atoms with E-state index >= 15 is 0 Å². The second-order valence-corrected chi connectivity index (χ2v) is 5.76. The van der Waals surface area contributed by atoms with Crippen LogP contribution in [0.25, 0.3) is 0 Å². The first-order valence-corrected chi connectivity index (χ1v) is 7.13. The van der Waals surface area contributed by atoms with Crippen LogP contribution in [-0.2, 0) is 18.4 Å². The molecule has 7 heteroatoms. The average Bonchev–Trinajstić information content (AvgIpc) is 2.65. The third-order valence-corrected chi connectivity index (χ3v) is 4.18. The van der Waals surface area contributed by atoms with E-state index in [9.17, 15) is 4.79 Å². The lowest BCUT2D eigenvalue weighted by molar-refractivity contribution is -0.135. The predicted molar refractivity (Wildman–Crippen MR) is 78.7 cm³/mol. The molecule has 1 aromatic heterocycles. The number of halogens is 1. The molecule has 20 heavy (non-hydrogen) atoms. The van der Waals surface area contributed by atoms with Crippen molar-refractivity contribution in [1.82, 2.24) is 24.9 Å². The molecule has 1 aliphatic rings. The van der Waals surface area contributed by atoms with Crippen molar-refractivity contribution in [3.63, 3.8) is 0 Å². The molecule has 0 aliphatic carbocycles. The van der Waals surface area contributed by atoms with E-state index < -0.39 is 0 Å². The van der Waals surface area contributed by atoms with Crippen molar-refractivity contribution >= 4 is 17.5 Å². The van der Waals surface area contributed by atoms with Gasteiger partial charge in [-0.05, 0) is 6.92 Å². The first-order chi connectivity index (χ1) is 9.41. The molecule has 0 saturated carbocycles. The number of aryl methyl sites for hydroxylation is 2. The number of piperazine rings is 1. The number of amides is 1. The van der Waals surface area contributed by atoms with E-state index in [0.29, 0.717) is 18.2 Å². The standard InChI is InChI=1S/C13H22ClN5O/c1-9-10(12(14)18(4)16-9)8-19-6-5-15-7-11(19)13(20)17(2)3/h11,15H,5-8H2,1-4H3. The van der Waals surface area contributed by atoms with Crippen molar-refractivity contribution in [2.75, 3.05) is 33.7 Å². The third-order valence-electron chi connectivity index (χ3n) is 3.71. The largest absolute Gasteiger partial charge is 0.347 e. The molecule has 1 saturated heterocycles. The Balaban J connectivity index is 2.19. The topological polar surface area (TPSA) is 53.4 Å². The minimum atomic E-state index is -0.144. The zero-order valence-electron chi connectivity index (χ0n) is 12.5. The summed E-state index contributed by atoms with van der Waals surface area (Å²) < 4.78 is 1.68. The van der Waals surface area contributed by atoms with Crippen LogP contribution in [0.5, 0.6) is 0 Å². The van der Waals surface area contributed by atoms with Gasteiger partial charge in [-0.1, -0.05) is 11.6 Å². The first kappa shape index (κ1) is 15.3. The van der Waals surface area contributed by atoms with Gasteiger partial charge in [0.25, 0.3) is 0 Å². The molecule has 1 amide bonds. The fraction of sp³-hybridized carbons (Fsp3) is 0.692. The van der Waals surface area contributed by atoms with Crippen LogP contribution < -0.4 is 5.32 Å². The van der Waals surface area contributed by atoms with Crippen LogP contribution >= 0.6 is 11.6 Å². The Morgan fingerprint density at radius 3 is 2.80 bits per heavy atom. The smallest absolute Gasteiger partial charge is 0.240 e. The molecule has 1 fully saturated rings. The minimum Gasteiger partial charge on any atom is -0.347 e. The normalized spacial score (nSPS) is 20.1. The summed E-state index contributed by atoms with van der Waals surface area (Å²) in [6.45, 7) is 4.99. The Hall–Kier alpha value is -1.11. The van der Waals surface area contributed by atoms with Gasteiger partial charge < -0.3 is 10.2 Å². The summed E-state index contributed by atoms with van der Waals surface area (Å²) in [7, 11) is 5.41. The molecule has 2 rings (SSSR count). The second-order valence-electron chi connectivity index (χ2n) is 5.40. The number of likely N-dealkylation sites (N-methyl/N-ethyl adjacent to an activating group) is 1. The Kier molecular flexibility index (Phi) is 4.67. The highest BCUT2D eigenvalue weighted by Gasteiger charge is 2.30. The van der Waals surface area contributed by atoms with E-state index in [1.807, 2.05) is 14.0 Å². The number of hydrogen-bond donors (Lipinski definition) is 1. The summed E-state index contributed by atoms with van der Waals surface area (Å²) in [5, 5.41) is 8.26. The summed E-state index contributed by atoms with van der Waals surface area (Å²) in [6, 6.07) is -0.144. The lowest BCUT2D eigenvalue weighted by atomic mass is 10.1. The van der Waals surface area contributed by atoms with Crippen molar-refractivity contribution in [1.29, 1.82) is 0 Å². The fourth-order valence-corrected chi connectivity index (χ4v) is 2.77. The Morgan fingerprint density at radius 1 is 1.55 bits per heavy atom. The molecule has 0 bridgehead atoms. The van der Waals surface area contributed by atoms with Gasteiger partial charge in [0.05, 0.1) is 5.69 Å². The molecule has 0 aromatic carbocycles. The van der Waals surface area contributed by atoms with Gasteiger partial charge in [0.2, 0.25) is 5.91 Å². The Labute approximate surface area is 124 Å². The lowest BCUT2D eigenvalue weighted by Crippen LogP contribution is -2.57. The van der Waals surface area contributed by atoms with Crippen LogP contribution in [0, 0.1) is 6.92 Å². The van der Waals surface area contributed by atoms with Gasteiger partial charge in [-0.25, -0.2) is 0 Å². The van der Waals surface area contributed by atoms with Crippen molar-refractivity contribution in [2.24, 2.45) is 7.05 Å². The van der Waals surface area contributed by atoms with Crippen molar-refractivity contribution in [2.45, 2.75) is 19.5 Å². The second kappa shape index (κ2) is 6.11. The van der Waals surface area contributed by atoms with Crippen molar-refractivity contribution in [3.05, 3.63) is 16.4 Å². The molecule has 6 nitrogen and oxygen atoms in total. The first-order valence-electron chi connectivity index (χ1n) is 6.75. The number of hydrogen-bond acceptors (Lipinski definition) is 4. The Bertz CT molecular complexity index is 499. The van der Waals surface area contributed by atoms with E-state index in [1.54, 1.807) is 23.7 Å². The quantitative estimate of drug-likeness (QED) is 0.869. The molecule has 0 spiro atoms.